The fourth-order valence-corrected chi connectivity index (χ4v) is 2.82. The van der Waals surface area contributed by atoms with Crippen molar-refractivity contribution in [1.29, 1.82) is 0 Å². The van der Waals surface area contributed by atoms with Crippen LogP contribution in [0.4, 0.5) is 0 Å². The van der Waals surface area contributed by atoms with E-state index in [1.807, 2.05) is 13.8 Å². The van der Waals surface area contributed by atoms with Gasteiger partial charge in [0.2, 0.25) is 5.16 Å². The number of rotatable bonds is 9. The molecule has 134 valence electrons. The van der Waals surface area contributed by atoms with Gasteiger partial charge in [-0.25, -0.2) is 4.98 Å². The van der Waals surface area contributed by atoms with Crippen molar-refractivity contribution in [1.82, 2.24) is 15.2 Å². The number of aromatic nitrogens is 3. The zero-order chi connectivity index (χ0) is 18.2. The monoisotopic (exact) mass is 362 g/mol. The van der Waals surface area contributed by atoms with Crippen molar-refractivity contribution in [3.63, 3.8) is 0 Å². The Morgan fingerprint density at radius 3 is 2.80 bits per heavy atom. The quantitative estimate of drug-likeness (QED) is 0.538. The van der Waals surface area contributed by atoms with Crippen LogP contribution in [0.25, 0.3) is 6.08 Å². The number of aryl methyl sites for hydroxylation is 1. The number of thioether (sulfide) groups is 1. The first kappa shape index (κ1) is 18.9. The van der Waals surface area contributed by atoms with Gasteiger partial charge in [0.25, 0.3) is 0 Å². The van der Waals surface area contributed by atoms with Crippen LogP contribution in [-0.2, 0) is 11.2 Å². The number of benzene rings is 1. The summed E-state index contributed by atoms with van der Waals surface area (Å²) in [5, 5.41) is 18.6. The molecular weight excluding hydrogens is 342 g/mol. The maximum absolute atomic E-state index is 11.4. The number of nitrogens with one attached hydrogen (secondary N) is 1. The minimum Gasteiger partial charge on any atom is -0.544 e. The highest BCUT2D eigenvalue weighted by Crippen LogP contribution is 2.31. The topological polar surface area (TPSA) is 100 Å². The number of H-pyrrole nitrogens is 1. The van der Waals surface area contributed by atoms with E-state index in [4.69, 9.17) is 9.47 Å². The SMILES string of the molecule is CCCc1nc(S/C(=C\c2ccc(OCC)c(OC)c2)C(=O)[O-])n[nH]1. The molecule has 7 nitrogen and oxygen atoms in total. The maximum atomic E-state index is 11.4. The van der Waals surface area contributed by atoms with E-state index in [0.29, 0.717) is 28.8 Å². The van der Waals surface area contributed by atoms with Gasteiger partial charge in [-0.3, -0.25) is 5.10 Å². The van der Waals surface area contributed by atoms with Crippen molar-refractivity contribution in [2.45, 2.75) is 31.8 Å². The molecule has 1 N–H and O–H groups in total. The molecule has 0 aliphatic rings. The third-order valence-corrected chi connectivity index (χ3v) is 4.06. The summed E-state index contributed by atoms with van der Waals surface area (Å²) in [5.41, 5.74) is 0.649. The van der Waals surface area contributed by atoms with Crippen LogP contribution in [0.1, 0.15) is 31.7 Å². The number of carbonyl (C=O) groups excluding carboxylic acids is 1. The Bertz CT molecular complexity index is 758. The molecule has 0 amide bonds. The summed E-state index contributed by atoms with van der Waals surface area (Å²) in [6, 6.07) is 5.18. The van der Waals surface area contributed by atoms with Crippen LogP contribution in [0.5, 0.6) is 11.5 Å². The van der Waals surface area contributed by atoms with E-state index in [9.17, 15) is 9.90 Å². The van der Waals surface area contributed by atoms with Gasteiger partial charge in [-0.15, -0.1) is 5.10 Å². The number of carbonyl (C=O) groups is 1. The lowest BCUT2D eigenvalue weighted by molar-refractivity contribution is -0.297. The minimum atomic E-state index is -1.29. The third kappa shape index (κ3) is 5.25. The summed E-state index contributed by atoms with van der Waals surface area (Å²) in [6.45, 7) is 4.42. The van der Waals surface area contributed by atoms with Crippen molar-refractivity contribution in [2.24, 2.45) is 0 Å². The molecule has 0 fully saturated rings. The number of carboxylic acids is 1. The standard InChI is InChI=1S/C17H21N3O4S/c1-4-6-15-18-17(20-19-15)25-14(16(21)22)10-11-7-8-12(24-5-2)13(9-11)23-3/h7-10H,4-6H2,1-3H3,(H,21,22)(H,18,19,20)/p-1/b14-10-. The first-order valence-electron chi connectivity index (χ1n) is 7.90. The Hall–Kier alpha value is -2.48. The van der Waals surface area contributed by atoms with Gasteiger partial charge in [0, 0.05) is 11.3 Å². The minimum absolute atomic E-state index is 0.00765. The summed E-state index contributed by atoms with van der Waals surface area (Å²) in [7, 11) is 1.53. The molecule has 0 bridgehead atoms. The Balaban J connectivity index is 2.25. The average molecular weight is 362 g/mol. The largest absolute Gasteiger partial charge is 0.544 e. The molecule has 2 rings (SSSR count). The van der Waals surface area contributed by atoms with E-state index < -0.39 is 5.97 Å². The van der Waals surface area contributed by atoms with Gasteiger partial charge in [0.05, 0.1) is 19.7 Å². The van der Waals surface area contributed by atoms with Crippen LogP contribution in [0.2, 0.25) is 0 Å². The molecule has 1 aromatic carbocycles. The molecule has 2 aromatic rings. The van der Waals surface area contributed by atoms with Gasteiger partial charge in [-0.1, -0.05) is 13.0 Å². The Morgan fingerprint density at radius 2 is 2.16 bits per heavy atom. The maximum Gasteiger partial charge on any atom is 0.213 e. The number of methoxy groups -OCH3 is 1. The van der Waals surface area contributed by atoms with Gasteiger partial charge in [-0.2, -0.15) is 0 Å². The number of hydrogen-bond acceptors (Lipinski definition) is 7. The number of ether oxygens (including phenoxy) is 2. The molecule has 0 unspecified atom stereocenters. The van der Waals surface area contributed by atoms with Crippen LogP contribution in [0.15, 0.2) is 28.3 Å². The molecule has 1 aromatic heterocycles. The third-order valence-electron chi connectivity index (χ3n) is 3.19. The zero-order valence-electron chi connectivity index (χ0n) is 14.4. The van der Waals surface area contributed by atoms with Crippen LogP contribution < -0.4 is 14.6 Å². The van der Waals surface area contributed by atoms with Gasteiger partial charge >= 0.3 is 0 Å². The number of hydrogen-bond donors (Lipinski definition) is 1. The fraction of sp³-hybridized carbons (Fsp3) is 0.353. The van der Waals surface area contributed by atoms with Gasteiger partial charge in [-0.05, 0) is 48.9 Å². The first-order valence-corrected chi connectivity index (χ1v) is 8.72. The van der Waals surface area contributed by atoms with Crippen LogP contribution in [0.3, 0.4) is 0 Å². The van der Waals surface area contributed by atoms with E-state index in [1.165, 1.54) is 13.2 Å². The molecule has 0 spiro atoms. The van der Waals surface area contributed by atoms with E-state index in [1.54, 1.807) is 18.2 Å². The van der Waals surface area contributed by atoms with Crippen molar-refractivity contribution < 1.29 is 19.4 Å². The van der Waals surface area contributed by atoms with Crippen molar-refractivity contribution in [3.8, 4) is 11.5 Å². The molecule has 0 saturated heterocycles. The van der Waals surface area contributed by atoms with Gasteiger partial charge < -0.3 is 19.4 Å². The van der Waals surface area contributed by atoms with E-state index in [-0.39, 0.29) is 4.91 Å². The molecule has 8 heteroatoms. The molecule has 1 heterocycles. The Morgan fingerprint density at radius 1 is 1.36 bits per heavy atom. The normalized spacial score (nSPS) is 11.4. The lowest BCUT2D eigenvalue weighted by atomic mass is 10.2. The van der Waals surface area contributed by atoms with E-state index in [0.717, 1.165) is 30.4 Å². The van der Waals surface area contributed by atoms with Crippen molar-refractivity contribution in [2.75, 3.05) is 13.7 Å². The van der Waals surface area contributed by atoms with Gasteiger partial charge in [0.1, 0.15) is 5.82 Å². The lowest BCUT2D eigenvalue weighted by Gasteiger charge is -2.11. The van der Waals surface area contributed by atoms with Gasteiger partial charge in [0.15, 0.2) is 11.5 Å². The van der Waals surface area contributed by atoms with Crippen molar-refractivity contribution in [3.05, 3.63) is 34.5 Å². The zero-order valence-corrected chi connectivity index (χ0v) is 15.2. The first-order chi connectivity index (χ1) is 12.1. The van der Waals surface area contributed by atoms with E-state index in [2.05, 4.69) is 15.2 Å². The van der Waals surface area contributed by atoms with Crippen LogP contribution in [-0.4, -0.2) is 34.9 Å². The fourth-order valence-electron chi connectivity index (χ4n) is 2.10. The van der Waals surface area contributed by atoms with Crippen LogP contribution in [0, 0.1) is 0 Å². The molecule has 25 heavy (non-hydrogen) atoms. The summed E-state index contributed by atoms with van der Waals surface area (Å²) < 4.78 is 10.7. The molecular formula is C17H20N3O4S-. The highest BCUT2D eigenvalue weighted by molar-refractivity contribution is 8.04. The number of aromatic amines is 1. The van der Waals surface area contributed by atoms with E-state index >= 15 is 0 Å². The predicted octanol–water partition coefficient (Wildman–Crippen LogP) is 2.05. The predicted molar refractivity (Wildman–Crippen MR) is 93.4 cm³/mol. The summed E-state index contributed by atoms with van der Waals surface area (Å²) >= 11 is 0.940. The molecule has 0 saturated carbocycles. The summed E-state index contributed by atoms with van der Waals surface area (Å²) in [5.74, 6) is 0.564. The number of aliphatic carboxylic acids is 1. The Kier molecular flexibility index (Phi) is 6.88. The second-order valence-corrected chi connectivity index (χ2v) is 6.07. The number of carboxylic acid groups (broad SMARTS) is 1. The molecule has 0 aliphatic heterocycles. The highest BCUT2D eigenvalue weighted by atomic mass is 32.2. The molecule has 0 radical (unpaired) electrons. The second-order valence-electron chi connectivity index (χ2n) is 5.06. The lowest BCUT2D eigenvalue weighted by Crippen LogP contribution is -2.23. The average Bonchev–Trinajstić information content (AvgIpc) is 3.03. The molecule has 0 aliphatic carbocycles. The summed E-state index contributed by atoms with van der Waals surface area (Å²) in [6.07, 6.45) is 3.18. The smallest absolute Gasteiger partial charge is 0.213 e. The highest BCUT2D eigenvalue weighted by Gasteiger charge is 2.10. The summed E-state index contributed by atoms with van der Waals surface area (Å²) in [4.78, 5) is 15.7. The second kappa shape index (κ2) is 9.12. The van der Waals surface area contributed by atoms with Crippen LogP contribution >= 0.6 is 11.8 Å². The molecule has 0 atom stereocenters. The Labute approximate surface area is 150 Å². The number of nitrogens with zero attached hydrogens (tertiary/aromatic N) is 2. The van der Waals surface area contributed by atoms with Crippen molar-refractivity contribution >= 4 is 23.8 Å².